The van der Waals surface area contributed by atoms with E-state index in [1.54, 1.807) is 6.08 Å². The third-order valence-electron chi connectivity index (χ3n) is 13.1. The molecule has 0 aromatic heterocycles. The first-order valence-electron chi connectivity index (χ1n) is 28.4. The second-order valence-electron chi connectivity index (χ2n) is 19.4. The molecule has 370 valence electrons. The van der Waals surface area contributed by atoms with Crippen molar-refractivity contribution in [1.29, 1.82) is 0 Å². The second kappa shape index (κ2) is 54.7. The topological polar surface area (TPSA) is 69.6 Å². The monoisotopic (exact) mass is 882 g/mol. The molecule has 0 saturated heterocycles. The van der Waals surface area contributed by atoms with Gasteiger partial charge in [0.25, 0.3) is 0 Å². The van der Waals surface area contributed by atoms with Gasteiger partial charge in [0.15, 0.2) is 0 Å². The molecule has 2 atom stereocenters. The van der Waals surface area contributed by atoms with Gasteiger partial charge >= 0.3 is 0 Å². The molecular formula is C59H111NO3. The van der Waals surface area contributed by atoms with E-state index in [1.165, 1.54) is 244 Å². The summed E-state index contributed by atoms with van der Waals surface area (Å²) in [5, 5.41) is 23.1. The van der Waals surface area contributed by atoms with Crippen molar-refractivity contribution in [3.05, 3.63) is 48.6 Å². The van der Waals surface area contributed by atoms with Crippen molar-refractivity contribution in [3.63, 3.8) is 0 Å². The van der Waals surface area contributed by atoms with Crippen molar-refractivity contribution >= 4 is 5.91 Å². The first kappa shape index (κ1) is 61.4. The molecule has 0 heterocycles. The summed E-state index contributed by atoms with van der Waals surface area (Å²) in [6.07, 6.45) is 75.7. The highest BCUT2D eigenvalue weighted by molar-refractivity contribution is 5.76. The molecule has 0 aliphatic rings. The van der Waals surface area contributed by atoms with Crippen LogP contribution in [-0.4, -0.2) is 34.9 Å². The van der Waals surface area contributed by atoms with Crippen LogP contribution in [0.5, 0.6) is 0 Å². The van der Waals surface area contributed by atoms with Crippen molar-refractivity contribution in [2.45, 2.75) is 315 Å². The van der Waals surface area contributed by atoms with Gasteiger partial charge in [-0.2, -0.15) is 0 Å². The Morgan fingerprint density at radius 1 is 0.381 bits per heavy atom. The third kappa shape index (κ3) is 51.2. The Hall–Kier alpha value is -1.65. The molecule has 63 heavy (non-hydrogen) atoms. The normalized spacial score (nSPS) is 13.1. The van der Waals surface area contributed by atoms with Crippen LogP contribution in [0.2, 0.25) is 0 Å². The molecular weight excluding hydrogens is 771 g/mol. The molecule has 3 N–H and O–H groups in total. The minimum Gasteiger partial charge on any atom is -0.394 e. The SMILES string of the molecule is CCCCCCC/C=C\C/C=C\C/C=C\CCCCCCCCCCCCCCCCCCCCCCCCC(=O)NC(CO)C(O)/C=C/CCCCCCCCCCCCCC. The van der Waals surface area contributed by atoms with Crippen molar-refractivity contribution < 1.29 is 15.0 Å². The standard InChI is InChI=1S/C59H111NO3/c1-3-5-7-9-11-13-15-17-19-20-21-22-23-24-25-26-27-28-29-30-31-32-33-34-35-36-37-38-39-40-41-43-45-47-49-51-53-55-59(63)60-57(56-61)58(62)54-52-50-48-46-44-42-18-16-14-12-10-8-6-4-2/h15,17,20-21,23-24,52,54,57-58,61-62H,3-14,16,18-19,22,25-51,53,55-56H2,1-2H3,(H,60,63)/b17-15-,21-20-,24-23-,54-52+. The van der Waals surface area contributed by atoms with Gasteiger partial charge in [-0.15, -0.1) is 0 Å². The molecule has 0 aromatic carbocycles. The number of unbranched alkanes of at least 4 members (excludes halogenated alkanes) is 39. The lowest BCUT2D eigenvalue weighted by Gasteiger charge is -2.20. The summed E-state index contributed by atoms with van der Waals surface area (Å²) < 4.78 is 0. The van der Waals surface area contributed by atoms with E-state index in [1.807, 2.05) is 6.08 Å². The first-order valence-corrected chi connectivity index (χ1v) is 28.4. The van der Waals surface area contributed by atoms with E-state index in [0.29, 0.717) is 6.42 Å². The van der Waals surface area contributed by atoms with Crippen LogP contribution in [0.1, 0.15) is 303 Å². The number of aliphatic hydroxyl groups excluding tert-OH is 2. The van der Waals surface area contributed by atoms with Crippen LogP contribution in [0.4, 0.5) is 0 Å². The van der Waals surface area contributed by atoms with Crippen LogP contribution in [-0.2, 0) is 4.79 Å². The summed E-state index contributed by atoms with van der Waals surface area (Å²) in [5.74, 6) is -0.0602. The van der Waals surface area contributed by atoms with Crippen molar-refractivity contribution in [2.75, 3.05) is 6.61 Å². The molecule has 0 spiro atoms. The van der Waals surface area contributed by atoms with E-state index in [4.69, 9.17) is 0 Å². The smallest absolute Gasteiger partial charge is 0.220 e. The molecule has 0 saturated carbocycles. The van der Waals surface area contributed by atoms with Crippen molar-refractivity contribution in [1.82, 2.24) is 5.32 Å². The molecule has 0 radical (unpaired) electrons. The summed E-state index contributed by atoms with van der Waals surface area (Å²) in [5.41, 5.74) is 0. The Labute approximate surface area is 394 Å². The van der Waals surface area contributed by atoms with Gasteiger partial charge < -0.3 is 15.5 Å². The first-order chi connectivity index (χ1) is 31.2. The average Bonchev–Trinajstić information content (AvgIpc) is 3.29. The van der Waals surface area contributed by atoms with Crippen LogP contribution >= 0.6 is 0 Å². The zero-order valence-corrected chi connectivity index (χ0v) is 42.6. The molecule has 0 fully saturated rings. The number of amides is 1. The number of hydrogen-bond donors (Lipinski definition) is 3. The highest BCUT2D eigenvalue weighted by Gasteiger charge is 2.18. The van der Waals surface area contributed by atoms with E-state index >= 15 is 0 Å². The quantitative estimate of drug-likeness (QED) is 0.0421. The minimum atomic E-state index is -0.837. The molecule has 0 aliphatic heterocycles. The summed E-state index contributed by atoms with van der Waals surface area (Å²) >= 11 is 0. The molecule has 0 rings (SSSR count). The van der Waals surface area contributed by atoms with E-state index in [9.17, 15) is 15.0 Å². The van der Waals surface area contributed by atoms with E-state index in [0.717, 1.165) is 38.5 Å². The number of carbonyl (C=O) groups excluding carboxylic acids is 1. The number of nitrogens with one attached hydrogen (secondary N) is 1. The summed E-state index contributed by atoms with van der Waals surface area (Å²) in [6, 6.07) is -0.620. The summed E-state index contributed by atoms with van der Waals surface area (Å²) in [4.78, 5) is 12.4. The van der Waals surface area contributed by atoms with Crippen molar-refractivity contribution in [3.8, 4) is 0 Å². The van der Waals surface area contributed by atoms with Gasteiger partial charge in [-0.25, -0.2) is 0 Å². The number of allylic oxidation sites excluding steroid dienone is 7. The number of carbonyl (C=O) groups is 1. The van der Waals surface area contributed by atoms with Crippen molar-refractivity contribution in [2.24, 2.45) is 0 Å². The van der Waals surface area contributed by atoms with E-state index in [2.05, 4.69) is 55.6 Å². The Balaban J connectivity index is 3.42. The van der Waals surface area contributed by atoms with Gasteiger partial charge in [-0.05, 0) is 57.8 Å². The number of rotatable bonds is 52. The lowest BCUT2D eigenvalue weighted by molar-refractivity contribution is -0.123. The highest BCUT2D eigenvalue weighted by Crippen LogP contribution is 2.17. The fraction of sp³-hybridized carbons (Fsp3) is 0.847. The molecule has 1 amide bonds. The van der Waals surface area contributed by atoms with Gasteiger partial charge in [-0.3, -0.25) is 4.79 Å². The van der Waals surface area contributed by atoms with E-state index < -0.39 is 12.1 Å². The molecule has 2 unspecified atom stereocenters. The van der Waals surface area contributed by atoms with Crippen LogP contribution in [0.25, 0.3) is 0 Å². The highest BCUT2D eigenvalue weighted by atomic mass is 16.3. The maximum absolute atomic E-state index is 12.4. The minimum absolute atomic E-state index is 0.0602. The third-order valence-corrected chi connectivity index (χ3v) is 13.1. The predicted molar refractivity (Wildman–Crippen MR) is 281 cm³/mol. The zero-order valence-electron chi connectivity index (χ0n) is 42.6. The molecule has 4 heteroatoms. The molecule has 0 aliphatic carbocycles. The fourth-order valence-electron chi connectivity index (χ4n) is 8.72. The number of hydrogen-bond acceptors (Lipinski definition) is 3. The summed E-state index contributed by atoms with van der Waals surface area (Å²) in [7, 11) is 0. The van der Waals surface area contributed by atoms with Crippen LogP contribution in [0, 0.1) is 0 Å². The molecule has 0 bridgehead atoms. The van der Waals surface area contributed by atoms with Gasteiger partial charge in [-0.1, -0.05) is 287 Å². The largest absolute Gasteiger partial charge is 0.394 e. The van der Waals surface area contributed by atoms with Crippen LogP contribution in [0.15, 0.2) is 48.6 Å². The van der Waals surface area contributed by atoms with Gasteiger partial charge in [0, 0.05) is 6.42 Å². The fourth-order valence-corrected chi connectivity index (χ4v) is 8.72. The maximum Gasteiger partial charge on any atom is 0.220 e. The van der Waals surface area contributed by atoms with Crippen LogP contribution < -0.4 is 5.32 Å². The van der Waals surface area contributed by atoms with Gasteiger partial charge in [0.2, 0.25) is 5.91 Å². The van der Waals surface area contributed by atoms with Crippen LogP contribution in [0.3, 0.4) is 0 Å². The lowest BCUT2D eigenvalue weighted by Crippen LogP contribution is -2.45. The predicted octanol–water partition coefficient (Wildman–Crippen LogP) is 18.6. The maximum atomic E-state index is 12.4. The Morgan fingerprint density at radius 2 is 0.651 bits per heavy atom. The van der Waals surface area contributed by atoms with Gasteiger partial charge in [0.05, 0.1) is 18.8 Å². The summed E-state index contributed by atoms with van der Waals surface area (Å²) in [6.45, 7) is 4.31. The second-order valence-corrected chi connectivity index (χ2v) is 19.4. The van der Waals surface area contributed by atoms with Gasteiger partial charge in [0.1, 0.15) is 0 Å². The molecule has 4 nitrogen and oxygen atoms in total. The molecule has 0 aromatic rings. The Morgan fingerprint density at radius 3 is 0.968 bits per heavy atom. The van der Waals surface area contributed by atoms with E-state index in [-0.39, 0.29) is 12.5 Å². The average molecular weight is 883 g/mol. The Kier molecular flexibility index (Phi) is 53.3. The number of aliphatic hydroxyl groups is 2. The zero-order chi connectivity index (χ0) is 45.6. The lowest BCUT2D eigenvalue weighted by atomic mass is 10.0. The Bertz CT molecular complexity index is 1000.